The van der Waals surface area contributed by atoms with E-state index >= 15 is 0 Å². The van der Waals surface area contributed by atoms with Gasteiger partial charge in [-0.15, -0.1) is 0 Å². The second-order valence-corrected chi connectivity index (χ2v) is 3.34. The van der Waals surface area contributed by atoms with Gasteiger partial charge < -0.3 is 5.11 Å². The highest BCUT2D eigenvalue weighted by Crippen LogP contribution is 2.06. The summed E-state index contributed by atoms with van der Waals surface area (Å²) in [5.74, 6) is -0.876. The molecule has 1 rings (SSSR count). The Morgan fingerprint density at radius 1 is 1.62 bits per heavy atom. The SMILES string of the molecule is O=C(O)C(S)CCc1ccccn1. The fourth-order valence-electron chi connectivity index (χ4n) is 0.954. The Balaban J connectivity index is 2.39. The van der Waals surface area contributed by atoms with E-state index in [1.807, 2.05) is 18.2 Å². The van der Waals surface area contributed by atoms with Gasteiger partial charge in [0.2, 0.25) is 0 Å². The van der Waals surface area contributed by atoms with Gasteiger partial charge in [-0.1, -0.05) is 6.07 Å². The van der Waals surface area contributed by atoms with Crippen LogP contribution in [0.4, 0.5) is 0 Å². The number of hydrogen-bond donors (Lipinski definition) is 2. The molecule has 13 heavy (non-hydrogen) atoms. The van der Waals surface area contributed by atoms with Crippen LogP contribution in [0.2, 0.25) is 0 Å². The van der Waals surface area contributed by atoms with Crippen molar-refractivity contribution in [3.05, 3.63) is 30.1 Å². The molecule has 1 N–H and O–H groups in total. The number of pyridine rings is 1. The van der Waals surface area contributed by atoms with Crippen molar-refractivity contribution in [2.75, 3.05) is 0 Å². The van der Waals surface area contributed by atoms with E-state index in [-0.39, 0.29) is 0 Å². The molecule has 4 heteroatoms. The highest BCUT2D eigenvalue weighted by Gasteiger charge is 2.11. The normalized spacial score (nSPS) is 12.4. The van der Waals surface area contributed by atoms with Crippen molar-refractivity contribution < 1.29 is 9.90 Å². The topological polar surface area (TPSA) is 50.2 Å². The molecule has 0 radical (unpaired) electrons. The summed E-state index contributed by atoms with van der Waals surface area (Å²) in [5.41, 5.74) is 0.905. The van der Waals surface area contributed by atoms with Crippen molar-refractivity contribution in [2.45, 2.75) is 18.1 Å². The first kappa shape index (κ1) is 10.1. The van der Waals surface area contributed by atoms with E-state index in [1.165, 1.54) is 0 Å². The molecule has 0 aromatic carbocycles. The molecule has 0 aliphatic heterocycles. The van der Waals surface area contributed by atoms with E-state index in [9.17, 15) is 4.79 Å². The lowest BCUT2D eigenvalue weighted by atomic mass is 10.2. The van der Waals surface area contributed by atoms with Crippen LogP contribution >= 0.6 is 12.6 Å². The molecular weight excluding hydrogens is 186 g/mol. The van der Waals surface area contributed by atoms with Crippen molar-refractivity contribution in [3.8, 4) is 0 Å². The molecule has 1 aromatic heterocycles. The monoisotopic (exact) mass is 197 g/mol. The van der Waals surface area contributed by atoms with Gasteiger partial charge in [-0.3, -0.25) is 9.78 Å². The fraction of sp³-hybridized carbons (Fsp3) is 0.333. The van der Waals surface area contributed by atoms with Crippen molar-refractivity contribution in [1.29, 1.82) is 0 Å². The molecule has 1 aromatic rings. The minimum Gasteiger partial charge on any atom is -0.480 e. The second kappa shape index (κ2) is 4.87. The van der Waals surface area contributed by atoms with Gasteiger partial charge in [0.15, 0.2) is 0 Å². The van der Waals surface area contributed by atoms with Crippen LogP contribution in [0.15, 0.2) is 24.4 Å². The number of aliphatic carboxylic acids is 1. The highest BCUT2D eigenvalue weighted by molar-refractivity contribution is 7.81. The molecule has 0 amide bonds. The van der Waals surface area contributed by atoms with E-state index < -0.39 is 11.2 Å². The lowest BCUT2D eigenvalue weighted by molar-refractivity contribution is -0.136. The summed E-state index contributed by atoms with van der Waals surface area (Å²) in [6, 6.07) is 5.60. The maximum Gasteiger partial charge on any atom is 0.316 e. The summed E-state index contributed by atoms with van der Waals surface area (Å²) in [5, 5.41) is 7.97. The summed E-state index contributed by atoms with van der Waals surface area (Å²) in [6.07, 6.45) is 2.86. The maximum atomic E-state index is 10.4. The van der Waals surface area contributed by atoms with Crippen LogP contribution in [0, 0.1) is 0 Å². The van der Waals surface area contributed by atoms with Crippen LogP contribution in [0.3, 0.4) is 0 Å². The predicted octanol–water partition coefficient (Wildman–Crippen LogP) is 1.40. The van der Waals surface area contributed by atoms with Crippen LogP contribution in [-0.2, 0) is 11.2 Å². The van der Waals surface area contributed by atoms with Crippen LogP contribution in [-0.4, -0.2) is 21.3 Å². The summed E-state index contributed by atoms with van der Waals surface area (Å²) in [7, 11) is 0. The van der Waals surface area contributed by atoms with Gasteiger partial charge in [-0.05, 0) is 25.0 Å². The minimum absolute atomic E-state index is 0.509. The third-order valence-electron chi connectivity index (χ3n) is 1.69. The van der Waals surface area contributed by atoms with E-state index in [2.05, 4.69) is 17.6 Å². The quantitative estimate of drug-likeness (QED) is 0.717. The van der Waals surface area contributed by atoms with Crippen LogP contribution < -0.4 is 0 Å². The number of aryl methyl sites for hydroxylation is 1. The zero-order chi connectivity index (χ0) is 9.68. The number of aromatic nitrogens is 1. The second-order valence-electron chi connectivity index (χ2n) is 2.71. The van der Waals surface area contributed by atoms with Gasteiger partial charge in [0, 0.05) is 11.9 Å². The van der Waals surface area contributed by atoms with Gasteiger partial charge in [0.1, 0.15) is 0 Å². The van der Waals surface area contributed by atoms with Crippen LogP contribution in [0.1, 0.15) is 12.1 Å². The van der Waals surface area contributed by atoms with E-state index in [4.69, 9.17) is 5.11 Å². The Bertz CT molecular complexity index is 276. The first-order valence-corrected chi connectivity index (χ1v) is 4.52. The molecule has 1 atom stereocenters. The van der Waals surface area contributed by atoms with Gasteiger partial charge in [0.05, 0.1) is 5.25 Å². The average Bonchev–Trinajstić information content (AvgIpc) is 2.15. The molecule has 0 saturated carbocycles. The molecule has 0 spiro atoms. The average molecular weight is 197 g/mol. The fourth-order valence-corrected chi connectivity index (χ4v) is 1.08. The maximum absolute atomic E-state index is 10.4. The number of carboxylic acids is 1. The summed E-state index contributed by atoms with van der Waals surface area (Å²) < 4.78 is 0. The first-order chi connectivity index (χ1) is 6.20. The van der Waals surface area contributed by atoms with Crippen LogP contribution in [0.5, 0.6) is 0 Å². The Labute approximate surface area is 82.2 Å². The number of nitrogens with zero attached hydrogens (tertiary/aromatic N) is 1. The molecule has 0 fully saturated rings. The Hall–Kier alpha value is -1.03. The standard InChI is InChI=1S/C9H11NO2S/c11-9(12)8(13)5-4-7-3-1-2-6-10-7/h1-3,6,8,13H,4-5H2,(H,11,12). The minimum atomic E-state index is -0.876. The largest absolute Gasteiger partial charge is 0.480 e. The molecule has 0 saturated heterocycles. The smallest absolute Gasteiger partial charge is 0.316 e. The third kappa shape index (κ3) is 3.46. The van der Waals surface area contributed by atoms with Gasteiger partial charge in [-0.25, -0.2) is 0 Å². The molecule has 1 heterocycles. The van der Waals surface area contributed by atoms with Gasteiger partial charge in [-0.2, -0.15) is 12.6 Å². The molecule has 0 aliphatic carbocycles. The van der Waals surface area contributed by atoms with Gasteiger partial charge in [0.25, 0.3) is 0 Å². The lowest BCUT2D eigenvalue weighted by Crippen LogP contribution is -2.14. The highest BCUT2D eigenvalue weighted by atomic mass is 32.1. The van der Waals surface area contributed by atoms with Gasteiger partial charge >= 0.3 is 5.97 Å². The molecule has 70 valence electrons. The van der Waals surface area contributed by atoms with Crippen molar-refractivity contribution >= 4 is 18.6 Å². The number of hydrogen-bond acceptors (Lipinski definition) is 3. The number of carboxylic acid groups (broad SMARTS) is 1. The Morgan fingerprint density at radius 2 is 2.38 bits per heavy atom. The number of carbonyl (C=O) groups is 1. The van der Waals surface area contributed by atoms with E-state index in [0.717, 1.165) is 5.69 Å². The summed E-state index contributed by atoms with van der Waals surface area (Å²) in [4.78, 5) is 14.5. The molecular formula is C9H11NO2S. The first-order valence-electron chi connectivity index (χ1n) is 4.01. The summed E-state index contributed by atoms with van der Waals surface area (Å²) >= 11 is 3.93. The lowest BCUT2D eigenvalue weighted by Gasteiger charge is -2.03. The van der Waals surface area contributed by atoms with Crippen molar-refractivity contribution in [2.24, 2.45) is 0 Å². The predicted molar refractivity (Wildman–Crippen MR) is 53.0 cm³/mol. The molecule has 3 nitrogen and oxygen atoms in total. The Kier molecular flexibility index (Phi) is 3.76. The van der Waals surface area contributed by atoms with Crippen molar-refractivity contribution in [1.82, 2.24) is 4.98 Å². The zero-order valence-corrected chi connectivity index (χ0v) is 7.95. The number of thiol groups is 1. The molecule has 0 bridgehead atoms. The van der Waals surface area contributed by atoms with E-state index in [1.54, 1.807) is 6.20 Å². The van der Waals surface area contributed by atoms with Crippen molar-refractivity contribution in [3.63, 3.8) is 0 Å². The third-order valence-corrected chi connectivity index (χ3v) is 2.16. The van der Waals surface area contributed by atoms with E-state index in [0.29, 0.717) is 12.8 Å². The molecule has 1 unspecified atom stereocenters. The zero-order valence-electron chi connectivity index (χ0n) is 7.05. The van der Waals surface area contributed by atoms with Crippen LogP contribution in [0.25, 0.3) is 0 Å². The number of rotatable bonds is 4. The Morgan fingerprint density at radius 3 is 2.92 bits per heavy atom. The molecule has 0 aliphatic rings. The summed E-state index contributed by atoms with van der Waals surface area (Å²) in [6.45, 7) is 0.